The second kappa shape index (κ2) is 12.6. The Kier molecular flexibility index (Phi) is 9.03. The van der Waals surface area contributed by atoms with Crippen LogP contribution in [0.4, 0.5) is 0 Å². The number of carbonyl (C=O) groups excluding carboxylic acids is 1. The third kappa shape index (κ3) is 7.94. The normalized spacial score (nSPS) is 13.1. The number of unbranched alkanes of at least 4 members (excludes halogenated alkanes) is 1. The SMILES string of the molecule is CC(C)(CCCCOc1cc(-c2ccc3c(c2)OCO3)cc(-c2ccccc2)n1)CNC(=O)C(N)CC(=O)O. The molecule has 1 aliphatic heterocycles. The van der Waals surface area contributed by atoms with Crippen molar-refractivity contribution in [3.8, 4) is 39.8 Å². The average molecular weight is 534 g/mol. The molecule has 1 aromatic heterocycles. The molecule has 0 saturated heterocycles. The van der Waals surface area contributed by atoms with Crippen molar-refractivity contribution in [2.45, 2.75) is 45.6 Å². The number of nitrogens with two attached hydrogens (primary N) is 1. The van der Waals surface area contributed by atoms with Crippen LogP contribution >= 0.6 is 0 Å². The van der Waals surface area contributed by atoms with E-state index in [1.807, 2.05) is 60.7 Å². The number of nitrogens with one attached hydrogen (secondary N) is 1. The van der Waals surface area contributed by atoms with E-state index in [2.05, 4.69) is 19.2 Å². The number of hydrogen-bond donors (Lipinski definition) is 3. The highest BCUT2D eigenvalue weighted by Gasteiger charge is 2.22. The van der Waals surface area contributed by atoms with Gasteiger partial charge in [0.25, 0.3) is 0 Å². The minimum Gasteiger partial charge on any atom is -0.481 e. The van der Waals surface area contributed by atoms with Gasteiger partial charge in [-0.15, -0.1) is 0 Å². The molecule has 1 amide bonds. The molecular weight excluding hydrogens is 498 g/mol. The average Bonchev–Trinajstić information content (AvgIpc) is 3.39. The van der Waals surface area contributed by atoms with Gasteiger partial charge in [-0.2, -0.15) is 0 Å². The standard InChI is InChI=1S/C30H35N3O6/c1-30(2,18-32-29(36)23(31)17-28(34)35)12-6-7-13-37-27-16-22(14-24(33-27)20-8-4-3-5-9-20)21-10-11-25-26(15-21)39-19-38-25/h3-5,8-11,14-16,23H,6-7,12-13,17-19,31H2,1-2H3,(H,32,36)(H,34,35). The monoisotopic (exact) mass is 533 g/mol. The van der Waals surface area contributed by atoms with Crippen LogP contribution in [0.15, 0.2) is 60.7 Å². The Balaban J connectivity index is 1.35. The summed E-state index contributed by atoms with van der Waals surface area (Å²) in [5.74, 6) is 0.456. The van der Waals surface area contributed by atoms with Crippen molar-refractivity contribution < 1.29 is 28.9 Å². The number of carboxylic acid groups (broad SMARTS) is 1. The third-order valence-corrected chi connectivity index (χ3v) is 6.55. The van der Waals surface area contributed by atoms with E-state index in [-0.39, 0.29) is 18.6 Å². The molecule has 9 nitrogen and oxygen atoms in total. The Morgan fingerprint density at radius 3 is 2.56 bits per heavy atom. The van der Waals surface area contributed by atoms with Gasteiger partial charge in [-0.1, -0.05) is 50.2 Å². The summed E-state index contributed by atoms with van der Waals surface area (Å²) < 4.78 is 17.1. The Morgan fingerprint density at radius 2 is 1.79 bits per heavy atom. The van der Waals surface area contributed by atoms with E-state index in [9.17, 15) is 9.59 Å². The van der Waals surface area contributed by atoms with Gasteiger partial charge in [-0.05, 0) is 54.0 Å². The lowest BCUT2D eigenvalue weighted by molar-refractivity contribution is -0.139. The summed E-state index contributed by atoms with van der Waals surface area (Å²) in [7, 11) is 0. The van der Waals surface area contributed by atoms with E-state index < -0.39 is 17.9 Å². The molecule has 1 aliphatic rings. The number of carbonyl (C=O) groups is 2. The lowest BCUT2D eigenvalue weighted by Gasteiger charge is -2.25. The molecule has 4 rings (SSSR count). The second-order valence-electron chi connectivity index (χ2n) is 10.4. The van der Waals surface area contributed by atoms with Crippen LogP contribution in [0.2, 0.25) is 0 Å². The number of amides is 1. The van der Waals surface area contributed by atoms with E-state index >= 15 is 0 Å². The summed E-state index contributed by atoms with van der Waals surface area (Å²) in [5.41, 5.74) is 9.23. The van der Waals surface area contributed by atoms with E-state index in [1.165, 1.54) is 0 Å². The van der Waals surface area contributed by atoms with E-state index in [1.54, 1.807) is 0 Å². The van der Waals surface area contributed by atoms with E-state index in [0.717, 1.165) is 53.1 Å². The first kappa shape index (κ1) is 27.9. The fourth-order valence-corrected chi connectivity index (χ4v) is 4.29. The maximum absolute atomic E-state index is 12.0. The summed E-state index contributed by atoms with van der Waals surface area (Å²) in [6.07, 6.45) is 2.16. The maximum Gasteiger partial charge on any atom is 0.305 e. The number of rotatable bonds is 13. The highest BCUT2D eigenvalue weighted by Crippen LogP contribution is 2.37. The number of pyridine rings is 1. The predicted octanol–water partition coefficient (Wildman–Crippen LogP) is 4.64. The Morgan fingerprint density at radius 1 is 1.03 bits per heavy atom. The van der Waals surface area contributed by atoms with Gasteiger partial charge in [-0.3, -0.25) is 9.59 Å². The summed E-state index contributed by atoms with van der Waals surface area (Å²) >= 11 is 0. The summed E-state index contributed by atoms with van der Waals surface area (Å²) in [6.45, 7) is 5.25. The Bertz CT molecular complexity index is 1300. The lowest BCUT2D eigenvalue weighted by Crippen LogP contribution is -2.45. The fourth-order valence-electron chi connectivity index (χ4n) is 4.29. The van der Waals surface area contributed by atoms with Crippen molar-refractivity contribution in [2.75, 3.05) is 19.9 Å². The molecule has 0 saturated carbocycles. The highest BCUT2D eigenvalue weighted by atomic mass is 16.7. The molecule has 0 radical (unpaired) electrons. The molecule has 9 heteroatoms. The minimum atomic E-state index is -1.09. The van der Waals surface area contributed by atoms with Crippen molar-refractivity contribution in [2.24, 2.45) is 11.1 Å². The smallest absolute Gasteiger partial charge is 0.305 e. The molecule has 1 atom stereocenters. The Hall–Kier alpha value is -4.11. The zero-order valence-corrected chi connectivity index (χ0v) is 22.3. The van der Waals surface area contributed by atoms with Crippen molar-refractivity contribution in [1.82, 2.24) is 10.3 Å². The number of benzene rings is 2. The van der Waals surface area contributed by atoms with Crippen LogP contribution < -0.4 is 25.3 Å². The fraction of sp³-hybridized carbons (Fsp3) is 0.367. The molecular formula is C30H35N3O6. The van der Waals surface area contributed by atoms with E-state index in [4.69, 9.17) is 30.0 Å². The van der Waals surface area contributed by atoms with Crippen molar-refractivity contribution in [1.29, 1.82) is 0 Å². The van der Waals surface area contributed by atoms with Gasteiger partial charge in [0.1, 0.15) is 0 Å². The molecule has 0 spiro atoms. The zero-order chi connectivity index (χ0) is 27.8. The van der Waals surface area contributed by atoms with Crippen molar-refractivity contribution >= 4 is 11.9 Å². The van der Waals surface area contributed by atoms with Gasteiger partial charge in [0.2, 0.25) is 18.6 Å². The first-order valence-electron chi connectivity index (χ1n) is 13.1. The number of fused-ring (bicyclic) bond motifs is 1. The number of carboxylic acids is 1. The molecule has 2 aromatic carbocycles. The zero-order valence-electron chi connectivity index (χ0n) is 22.3. The molecule has 0 fully saturated rings. The van der Waals surface area contributed by atoms with Crippen LogP contribution in [-0.2, 0) is 9.59 Å². The topological polar surface area (TPSA) is 133 Å². The number of ether oxygens (including phenoxy) is 3. The summed E-state index contributed by atoms with van der Waals surface area (Å²) in [4.78, 5) is 27.5. The first-order chi connectivity index (χ1) is 18.7. The van der Waals surface area contributed by atoms with Crippen LogP contribution in [-0.4, -0.2) is 48.0 Å². The first-order valence-corrected chi connectivity index (χ1v) is 13.1. The number of aliphatic carboxylic acids is 1. The maximum atomic E-state index is 12.0. The van der Waals surface area contributed by atoms with Crippen LogP contribution in [0.1, 0.15) is 39.5 Å². The molecule has 4 N–H and O–H groups in total. The molecule has 2 heterocycles. The minimum absolute atomic E-state index is 0.170. The van der Waals surface area contributed by atoms with Crippen LogP contribution in [0.5, 0.6) is 17.4 Å². The molecule has 39 heavy (non-hydrogen) atoms. The van der Waals surface area contributed by atoms with Crippen LogP contribution in [0.3, 0.4) is 0 Å². The summed E-state index contributed by atoms with van der Waals surface area (Å²) in [6, 6.07) is 18.8. The van der Waals surface area contributed by atoms with Gasteiger partial charge in [0.05, 0.1) is 24.8 Å². The lowest BCUT2D eigenvalue weighted by atomic mass is 9.87. The van der Waals surface area contributed by atoms with Gasteiger partial charge < -0.3 is 30.4 Å². The number of nitrogens with zero attached hydrogens (tertiary/aromatic N) is 1. The number of aromatic nitrogens is 1. The third-order valence-electron chi connectivity index (χ3n) is 6.55. The number of hydrogen-bond acceptors (Lipinski definition) is 7. The van der Waals surface area contributed by atoms with Gasteiger partial charge >= 0.3 is 5.97 Å². The van der Waals surface area contributed by atoms with Gasteiger partial charge in [0.15, 0.2) is 11.5 Å². The molecule has 0 aliphatic carbocycles. The van der Waals surface area contributed by atoms with Crippen LogP contribution in [0, 0.1) is 5.41 Å². The van der Waals surface area contributed by atoms with Crippen molar-refractivity contribution in [3.05, 3.63) is 60.7 Å². The summed E-state index contributed by atoms with van der Waals surface area (Å²) in [5, 5.41) is 11.6. The van der Waals surface area contributed by atoms with Gasteiger partial charge in [-0.25, -0.2) is 4.98 Å². The second-order valence-corrected chi connectivity index (χ2v) is 10.4. The van der Waals surface area contributed by atoms with Gasteiger partial charge in [0, 0.05) is 18.2 Å². The molecule has 1 unspecified atom stereocenters. The quantitative estimate of drug-likeness (QED) is 0.271. The Labute approximate surface area is 228 Å². The van der Waals surface area contributed by atoms with Crippen molar-refractivity contribution in [3.63, 3.8) is 0 Å². The molecule has 0 bridgehead atoms. The molecule has 206 valence electrons. The highest BCUT2D eigenvalue weighted by molar-refractivity contribution is 5.85. The largest absolute Gasteiger partial charge is 0.481 e. The van der Waals surface area contributed by atoms with Crippen LogP contribution in [0.25, 0.3) is 22.4 Å². The van der Waals surface area contributed by atoms with E-state index in [0.29, 0.717) is 19.0 Å². The molecule has 3 aromatic rings. The predicted molar refractivity (Wildman–Crippen MR) is 148 cm³/mol.